The number of rotatable bonds is 52. The molecule has 6 heteroatoms. The Bertz CT molecular complexity index is 1580. The van der Waals surface area contributed by atoms with Crippen molar-refractivity contribution in [3.63, 3.8) is 0 Å². The van der Waals surface area contributed by atoms with Gasteiger partial charge in [0.05, 0.1) is 0 Å². The standard InChI is InChI=1S/C67H108O6/c1-4-7-10-13-16-19-22-25-28-31-33-36-39-42-45-48-51-54-57-60-66(69)72-63-64(62-71-65(68)59-56-53-50-47-44-41-38-35-30-27-24-21-18-15-12-9-6-3)73-67(70)61-58-55-52-49-46-43-40-37-34-32-29-26-23-20-17-14-11-8-5-2/h7-8,10-11,16-17,19-20,25-26,28-29,33-34,36-37,42-43,45-46,51,54,64H,4-6,9,12-15,18,21-24,27,30-32,35,38-41,44,47-50,52-53,55-63H2,1-3H3/b10-7-,11-8-,19-16-,20-17-,28-25-,29-26-,36-33-,37-34-,45-42-,46-43-,54-51-. The van der Waals surface area contributed by atoms with Crippen LogP contribution in [0.4, 0.5) is 0 Å². The van der Waals surface area contributed by atoms with E-state index in [0.717, 1.165) is 109 Å². The van der Waals surface area contributed by atoms with Crippen LogP contribution in [0.15, 0.2) is 134 Å². The quantitative estimate of drug-likeness (QED) is 0.0261. The van der Waals surface area contributed by atoms with E-state index >= 15 is 0 Å². The van der Waals surface area contributed by atoms with Crippen molar-refractivity contribution >= 4 is 17.9 Å². The lowest BCUT2D eigenvalue weighted by molar-refractivity contribution is -0.166. The van der Waals surface area contributed by atoms with Gasteiger partial charge in [-0.15, -0.1) is 0 Å². The Morgan fingerprint density at radius 1 is 0.288 bits per heavy atom. The van der Waals surface area contributed by atoms with Gasteiger partial charge in [0.2, 0.25) is 0 Å². The van der Waals surface area contributed by atoms with Crippen LogP contribution in [0.25, 0.3) is 0 Å². The molecule has 1 unspecified atom stereocenters. The summed E-state index contributed by atoms with van der Waals surface area (Å²) in [5.41, 5.74) is 0. The van der Waals surface area contributed by atoms with Crippen molar-refractivity contribution in [2.24, 2.45) is 0 Å². The van der Waals surface area contributed by atoms with E-state index in [0.29, 0.717) is 19.3 Å². The number of allylic oxidation sites excluding steroid dienone is 22. The maximum atomic E-state index is 12.9. The van der Waals surface area contributed by atoms with Crippen molar-refractivity contribution in [2.75, 3.05) is 13.2 Å². The zero-order valence-corrected chi connectivity index (χ0v) is 47.1. The molecule has 0 rings (SSSR count). The van der Waals surface area contributed by atoms with Gasteiger partial charge in [-0.2, -0.15) is 0 Å². The number of carbonyl (C=O) groups is 3. The number of hydrogen-bond acceptors (Lipinski definition) is 6. The zero-order valence-electron chi connectivity index (χ0n) is 47.1. The van der Waals surface area contributed by atoms with Crippen LogP contribution in [0.2, 0.25) is 0 Å². The Hall–Kier alpha value is -4.45. The highest BCUT2D eigenvalue weighted by molar-refractivity contribution is 5.71. The molecular formula is C67H108O6. The van der Waals surface area contributed by atoms with Crippen LogP contribution in [0, 0.1) is 0 Å². The molecule has 0 N–H and O–H groups in total. The van der Waals surface area contributed by atoms with Crippen molar-refractivity contribution < 1.29 is 28.6 Å². The number of hydrogen-bond donors (Lipinski definition) is 0. The van der Waals surface area contributed by atoms with Crippen LogP contribution < -0.4 is 0 Å². The van der Waals surface area contributed by atoms with Crippen LogP contribution in [-0.4, -0.2) is 37.2 Å². The highest BCUT2D eigenvalue weighted by atomic mass is 16.6. The Morgan fingerprint density at radius 3 is 0.918 bits per heavy atom. The lowest BCUT2D eigenvalue weighted by atomic mass is 10.0. The molecule has 6 nitrogen and oxygen atoms in total. The van der Waals surface area contributed by atoms with Crippen LogP contribution in [0.5, 0.6) is 0 Å². The molecule has 0 heterocycles. The molecule has 73 heavy (non-hydrogen) atoms. The summed E-state index contributed by atoms with van der Waals surface area (Å²) in [6.45, 7) is 6.33. The second-order valence-electron chi connectivity index (χ2n) is 19.1. The van der Waals surface area contributed by atoms with Gasteiger partial charge in [0.1, 0.15) is 13.2 Å². The van der Waals surface area contributed by atoms with Crippen molar-refractivity contribution in [1.29, 1.82) is 0 Å². The second-order valence-corrected chi connectivity index (χ2v) is 19.1. The van der Waals surface area contributed by atoms with E-state index in [-0.39, 0.29) is 44.0 Å². The lowest BCUT2D eigenvalue weighted by Crippen LogP contribution is -2.30. The third kappa shape index (κ3) is 58.3. The average Bonchev–Trinajstić information content (AvgIpc) is 3.39. The normalized spacial score (nSPS) is 13.1. The summed E-state index contributed by atoms with van der Waals surface area (Å²) in [6.07, 6.45) is 84.5. The SMILES string of the molecule is CC/C=C\C/C=C\C/C=C\C/C=C\C/C=C\C/C=C\CCC(=O)OCC(COC(=O)CCCCCCCCCCCCCCCCCCC)OC(=O)CCCCC/C=C\C/C=C\C/C=C\C/C=C\C/C=C\CC. The minimum atomic E-state index is -0.830. The first kappa shape index (κ1) is 68.6. The van der Waals surface area contributed by atoms with Gasteiger partial charge in [0.25, 0.3) is 0 Å². The van der Waals surface area contributed by atoms with Crippen molar-refractivity contribution in [3.05, 3.63) is 134 Å². The third-order valence-corrected chi connectivity index (χ3v) is 12.2. The number of esters is 3. The molecule has 412 valence electrons. The maximum absolute atomic E-state index is 12.9. The number of carbonyl (C=O) groups excluding carboxylic acids is 3. The summed E-state index contributed by atoms with van der Waals surface area (Å²) in [5.74, 6) is -1.04. The monoisotopic (exact) mass is 1010 g/mol. The Morgan fingerprint density at radius 2 is 0.562 bits per heavy atom. The maximum Gasteiger partial charge on any atom is 0.306 e. The van der Waals surface area contributed by atoms with E-state index < -0.39 is 6.10 Å². The van der Waals surface area contributed by atoms with Crippen LogP contribution >= 0.6 is 0 Å². The van der Waals surface area contributed by atoms with E-state index in [4.69, 9.17) is 14.2 Å². The molecule has 0 fully saturated rings. The molecule has 0 aliphatic rings. The van der Waals surface area contributed by atoms with Gasteiger partial charge < -0.3 is 14.2 Å². The second kappa shape index (κ2) is 60.1. The largest absolute Gasteiger partial charge is 0.462 e. The first-order valence-corrected chi connectivity index (χ1v) is 29.7. The lowest BCUT2D eigenvalue weighted by Gasteiger charge is -2.18. The van der Waals surface area contributed by atoms with E-state index in [1.165, 1.54) is 89.9 Å². The Balaban J connectivity index is 4.57. The van der Waals surface area contributed by atoms with Crippen molar-refractivity contribution in [1.82, 2.24) is 0 Å². The fourth-order valence-electron chi connectivity index (χ4n) is 7.79. The van der Waals surface area contributed by atoms with Crippen LogP contribution in [0.3, 0.4) is 0 Å². The molecule has 0 aliphatic carbocycles. The molecule has 0 bridgehead atoms. The fraction of sp³-hybridized carbons (Fsp3) is 0.627. The molecule has 0 spiro atoms. The van der Waals surface area contributed by atoms with Crippen LogP contribution in [-0.2, 0) is 28.6 Å². The van der Waals surface area contributed by atoms with Gasteiger partial charge in [-0.25, -0.2) is 0 Å². The molecular weight excluding hydrogens is 901 g/mol. The third-order valence-electron chi connectivity index (χ3n) is 12.2. The fourth-order valence-corrected chi connectivity index (χ4v) is 7.79. The van der Waals surface area contributed by atoms with Gasteiger partial charge in [0, 0.05) is 19.3 Å². The van der Waals surface area contributed by atoms with Crippen molar-refractivity contribution in [3.8, 4) is 0 Å². The molecule has 0 aromatic carbocycles. The van der Waals surface area contributed by atoms with Gasteiger partial charge in [-0.3, -0.25) is 14.4 Å². The topological polar surface area (TPSA) is 78.9 Å². The van der Waals surface area contributed by atoms with E-state index in [1.54, 1.807) is 0 Å². The number of ether oxygens (including phenoxy) is 3. The highest BCUT2D eigenvalue weighted by Gasteiger charge is 2.19. The summed E-state index contributed by atoms with van der Waals surface area (Å²) < 4.78 is 16.8. The molecule has 0 aliphatic heterocycles. The Labute approximate surface area is 449 Å². The summed E-state index contributed by atoms with van der Waals surface area (Å²) in [7, 11) is 0. The Kier molecular flexibility index (Phi) is 56.4. The highest BCUT2D eigenvalue weighted by Crippen LogP contribution is 2.15. The zero-order chi connectivity index (χ0) is 52.9. The molecule has 0 amide bonds. The minimum absolute atomic E-state index is 0.117. The predicted octanol–water partition coefficient (Wildman–Crippen LogP) is 20.2. The molecule has 1 atom stereocenters. The first-order chi connectivity index (χ1) is 36.0. The predicted molar refractivity (Wildman–Crippen MR) is 316 cm³/mol. The van der Waals surface area contributed by atoms with Gasteiger partial charge in [-0.05, 0) is 103 Å². The van der Waals surface area contributed by atoms with Gasteiger partial charge in [0.15, 0.2) is 6.10 Å². The summed E-state index contributed by atoms with van der Waals surface area (Å²) in [4.78, 5) is 38.2. The average molecular weight is 1010 g/mol. The number of unbranched alkanes of at least 4 members (excludes halogenated alkanes) is 19. The smallest absolute Gasteiger partial charge is 0.306 e. The molecule has 0 saturated heterocycles. The summed E-state index contributed by atoms with van der Waals surface area (Å²) >= 11 is 0. The molecule has 0 saturated carbocycles. The van der Waals surface area contributed by atoms with E-state index in [9.17, 15) is 14.4 Å². The first-order valence-electron chi connectivity index (χ1n) is 29.7. The summed E-state index contributed by atoms with van der Waals surface area (Å²) in [5, 5.41) is 0. The van der Waals surface area contributed by atoms with E-state index in [1.807, 2.05) is 6.08 Å². The van der Waals surface area contributed by atoms with Gasteiger partial charge >= 0.3 is 17.9 Å². The van der Waals surface area contributed by atoms with Gasteiger partial charge in [-0.1, -0.05) is 264 Å². The molecule has 0 radical (unpaired) electrons. The molecule has 0 aromatic heterocycles. The van der Waals surface area contributed by atoms with Crippen LogP contribution in [0.1, 0.15) is 252 Å². The summed E-state index contributed by atoms with van der Waals surface area (Å²) in [6, 6.07) is 0. The molecule has 0 aromatic rings. The minimum Gasteiger partial charge on any atom is -0.462 e. The van der Waals surface area contributed by atoms with Crippen molar-refractivity contribution in [2.45, 2.75) is 258 Å². The van der Waals surface area contributed by atoms with E-state index in [2.05, 4.69) is 148 Å².